The van der Waals surface area contributed by atoms with Gasteiger partial charge in [0.25, 0.3) is 11.6 Å². The number of rotatable bonds is 7. The lowest BCUT2D eigenvalue weighted by atomic mass is 10.1. The van der Waals surface area contributed by atoms with Gasteiger partial charge in [0.1, 0.15) is 5.70 Å². The minimum atomic E-state index is -0.674. The van der Waals surface area contributed by atoms with Crippen molar-refractivity contribution in [2.75, 3.05) is 6.61 Å². The van der Waals surface area contributed by atoms with E-state index in [0.717, 1.165) is 5.56 Å². The number of nitro groups is 1. The van der Waals surface area contributed by atoms with E-state index in [9.17, 15) is 19.7 Å². The number of ether oxygens (including phenoxy) is 1. The van der Waals surface area contributed by atoms with Crippen LogP contribution in [-0.4, -0.2) is 23.4 Å². The summed E-state index contributed by atoms with van der Waals surface area (Å²) in [6, 6.07) is 12.5. The second-order valence-corrected chi connectivity index (χ2v) is 6.72. The van der Waals surface area contributed by atoms with E-state index in [1.54, 1.807) is 24.3 Å². The van der Waals surface area contributed by atoms with Crippen LogP contribution in [0.3, 0.4) is 0 Å². The van der Waals surface area contributed by atoms with Crippen LogP contribution >= 0.6 is 0 Å². The van der Waals surface area contributed by atoms with Gasteiger partial charge in [-0.3, -0.25) is 14.9 Å². The number of nitro benzene ring substituents is 1. The summed E-state index contributed by atoms with van der Waals surface area (Å²) in [5.41, 5.74) is 1.82. The summed E-state index contributed by atoms with van der Waals surface area (Å²) in [4.78, 5) is 35.2. The molecule has 0 atom stereocenters. The van der Waals surface area contributed by atoms with Crippen molar-refractivity contribution in [2.24, 2.45) is 5.92 Å². The standard InChI is InChI=1S/C21H22N2O5/c1-14(2)13-28-21(25)19(12-16-6-10-18(11-7-16)23(26)27)22-20(24)17-8-4-15(3)5-9-17/h4-12,14H,13H2,1-3H3,(H,22,24). The average molecular weight is 382 g/mol. The highest BCUT2D eigenvalue weighted by atomic mass is 16.6. The molecule has 0 spiro atoms. The Kier molecular flexibility index (Phi) is 7.03. The second kappa shape index (κ2) is 9.45. The van der Waals surface area contributed by atoms with E-state index < -0.39 is 16.8 Å². The smallest absolute Gasteiger partial charge is 0.354 e. The average Bonchev–Trinajstić information content (AvgIpc) is 2.66. The Labute approximate surface area is 163 Å². The highest BCUT2D eigenvalue weighted by molar-refractivity contribution is 6.03. The quantitative estimate of drug-likeness (QED) is 0.339. The molecule has 0 saturated carbocycles. The normalized spacial score (nSPS) is 11.2. The number of benzene rings is 2. The van der Waals surface area contributed by atoms with Gasteiger partial charge in [-0.1, -0.05) is 31.5 Å². The third-order valence-electron chi connectivity index (χ3n) is 3.74. The van der Waals surface area contributed by atoms with Gasteiger partial charge in [-0.2, -0.15) is 0 Å². The molecule has 0 aliphatic rings. The van der Waals surface area contributed by atoms with Crippen LogP contribution < -0.4 is 5.32 Å². The Morgan fingerprint density at radius 3 is 2.25 bits per heavy atom. The fourth-order valence-corrected chi connectivity index (χ4v) is 2.22. The van der Waals surface area contributed by atoms with E-state index in [0.29, 0.717) is 11.1 Å². The molecule has 7 heteroatoms. The van der Waals surface area contributed by atoms with Gasteiger partial charge >= 0.3 is 5.97 Å². The molecule has 2 rings (SSSR count). The summed E-state index contributed by atoms with van der Waals surface area (Å²) < 4.78 is 5.23. The molecule has 1 amide bonds. The predicted molar refractivity (Wildman–Crippen MR) is 106 cm³/mol. The minimum absolute atomic E-state index is 0.0416. The van der Waals surface area contributed by atoms with Gasteiger partial charge in [0.2, 0.25) is 0 Å². The van der Waals surface area contributed by atoms with E-state index in [1.807, 2.05) is 20.8 Å². The van der Waals surface area contributed by atoms with Gasteiger partial charge in [-0.15, -0.1) is 0 Å². The van der Waals surface area contributed by atoms with Crippen molar-refractivity contribution >= 4 is 23.6 Å². The number of nitrogens with zero attached hydrogens (tertiary/aromatic N) is 1. The summed E-state index contributed by atoms with van der Waals surface area (Å²) in [5.74, 6) is -0.987. The van der Waals surface area contributed by atoms with Crippen molar-refractivity contribution in [1.29, 1.82) is 0 Å². The first-order valence-corrected chi connectivity index (χ1v) is 8.77. The summed E-state index contributed by atoms with van der Waals surface area (Å²) in [7, 11) is 0. The van der Waals surface area contributed by atoms with Crippen LogP contribution in [0.15, 0.2) is 54.2 Å². The molecule has 1 N–H and O–H groups in total. The Morgan fingerprint density at radius 2 is 1.71 bits per heavy atom. The lowest BCUT2D eigenvalue weighted by molar-refractivity contribution is -0.384. The Balaban J connectivity index is 2.27. The van der Waals surface area contributed by atoms with Crippen LogP contribution in [0.5, 0.6) is 0 Å². The van der Waals surface area contributed by atoms with Crippen molar-refractivity contribution < 1.29 is 19.2 Å². The zero-order valence-corrected chi connectivity index (χ0v) is 16.0. The highest BCUT2D eigenvalue weighted by Gasteiger charge is 2.17. The zero-order valence-electron chi connectivity index (χ0n) is 16.0. The number of non-ortho nitro benzene ring substituents is 1. The molecule has 2 aromatic rings. The first kappa shape index (κ1) is 20.8. The number of carbonyl (C=O) groups excluding carboxylic acids is 2. The molecule has 0 fully saturated rings. The van der Waals surface area contributed by atoms with Gasteiger partial charge in [0.05, 0.1) is 11.5 Å². The van der Waals surface area contributed by atoms with Gasteiger partial charge in [-0.05, 0) is 48.7 Å². The summed E-state index contributed by atoms with van der Waals surface area (Å²) in [5, 5.41) is 13.4. The first-order valence-electron chi connectivity index (χ1n) is 8.77. The van der Waals surface area contributed by atoms with E-state index >= 15 is 0 Å². The van der Waals surface area contributed by atoms with Gasteiger partial charge < -0.3 is 10.1 Å². The molecule has 28 heavy (non-hydrogen) atoms. The molecule has 146 valence electrons. The number of carbonyl (C=O) groups is 2. The van der Waals surface area contributed by atoms with Crippen LogP contribution in [0.25, 0.3) is 6.08 Å². The second-order valence-electron chi connectivity index (χ2n) is 6.72. The van der Waals surface area contributed by atoms with Crippen LogP contribution in [-0.2, 0) is 9.53 Å². The predicted octanol–water partition coefficient (Wildman–Crippen LogP) is 3.87. The number of hydrogen-bond acceptors (Lipinski definition) is 5. The van der Waals surface area contributed by atoms with Crippen LogP contribution in [0.1, 0.15) is 35.3 Å². The molecule has 0 aliphatic carbocycles. The van der Waals surface area contributed by atoms with Crippen molar-refractivity contribution in [3.05, 3.63) is 81.0 Å². The van der Waals surface area contributed by atoms with Crippen molar-refractivity contribution in [1.82, 2.24) is 5.32 Å². The fourth-order valence-electron chi connectivity index (χ4n) is 2.22. The summed E-state index contributed by atoms with van der Waals surface area (Å²) >= 11 is 0. The molecular formula is C21H22N2O5. The first-order chi connectivity index (χ1) is 13.3. The monoisotopic (exact) mass is 382 g/mol. The maximum atomic E-state index is 12.5. The van der Waals surface area contributed by atoms with Crippen molar-refractivity contribution in [3.63, 3.8) is 0 Å². The third kappa shape index (κ3) is 6.05. The van der Waals surface area contributed by atoms with E-state index in [1.165, 1.54) is 30.3 Å². The van der Waals surface area contributed by atoms with Crippen LogP contribution in [0.4, 0.5) is 5.69 Å². The SMILES string of the molecule is Cc1ccc(C(=O)NC(=Cc2ccc([N+](=O)[O-])cc2)C(=O)OCC(C)C)cc1. The molecule has 0 unspecified atom stereocenters. The van der Waals surface area contributed by atoms with Crippen molar-refractivity contribution in [3.8, 4) is 0 Å². The molecule has 0 heterocycles. The minimum Gasteiger partial charge on any atom is -0.461 e. The molecular weight excluding hydrogens is 360 g/mol. The zero-order chi connectivity index (χ0) is 20.7. The number of nitrogens with one attached hydrogen (secondary N) is 1. The Bertz CT molecular complexity index is 884. The largest absolute Gasteiger partial charge is 0.461 e. The highest BCUT2D eigenvalue weighted by Crippen LogP contribution is 2.15. The molecule has 0 radical (unpaired) electrons. The molecule has 2 aromatic carbocycles. The van der Waals surface area contributed by atoms with E-state index in [4.69, 9.17) is 4.74 Å². The van der Waals surface area contributed by atoms with Gasteiger partial charge in [0, 0.05) is 17.7 Å². The van der Waals surface area contributed by atoms with Gasteiger partial charge in [0.15, 0.2) is 0 Å². The van der Waals surface area contributed by atoms with E-state index in [2.05, 4.69) is 5.32 Å². The number of aryl methyl sites for hydroxylation is 1. The van der Waals surface area contributed by atoms with Gasteiger partial charge in [-0.25, -0.2) is 4.79 Å². The van der Waals surface area contributed by atoms with Crippen LogP contribution in [0, 0.1) is 23.0 Å². The van der Waals surface area contributed by atoms with Crippen LogP contribution in [0.2, 0.25) is 0 Å². The number of hydrogen-bond donors (Lipinski definition) is 1. The van der Waals surface area contributed by atoms with E-state index in [-0.39, 0.29) is 23.9 Å². The lowest BCUT2D eigenvalue weighted by Gasteiger charge is -2.12. The third-order valence-corrected chi connectivity index (χ3v) is 3.74. The Hall–Kier alpha value is -3.48. The molecule has 0 aliphatic heterocycles. The number of esters is 1. The molecule has 0 bridgehead atoms. The summed E-state index contributed by atoms with van der Waals surface area (Å²) in [6.07, 6.45) is 1.43. The summed E-state index contributed by atoms with van der Waals surface area (Å²) in [6.45, 7) is 5.91. The maximum absolute atomic E-state index is 12.5. The lowest BCUT2D eigenvalue weighted by Crippen LogP contribution is -2.29. The number of amides is 1. The molecule has 0 saturated heterocycles. The molecule has 0 aromatic heterocycles. The fraction of sp³-hybridized carbons (Fsp3) is 0.238. The topological polar surface area (TPSA) is 98.5 Å². The maximum Gasteiger partial charge on any atom is 0.354 e. The molecule has 7 nitrogen and oxygen atoms in total. The van der Waals surface area contributed by atoms with Crippen molar-refractivity contribution in [2.45, 2.75) is 20.8 Å². The Morgan fingerprint density at radius 1 is 1.11 bits per heavy atom.